The van der Waals surface area contributed by atoms with Crippen molar-refractivity contribution in [3.63, 3.8) is 0 Å². The molecular formula is C10H20N2. The fourth-order valence-electron chi connectivity index (χ4n) is 1.98. The lowest BCUT2D eigenvalue weighted by atomic mass is 9.94. The maximum absolute atomic E-state index is 5.67. The molecule has 2 heteroatoms. The molecule has 1 fully saturated rings. The highest BCUT2D eigenvalue weighted by atomic mass is 15.2. The lowest BCUT2D eigenvalue weighted by molar-refractivity contribution is 0.176. The van der Waals surface area contributed by atoms with Crippen molar-refractivity contribution in [3.8, 4) is 0 Å². The fraction of sp³-hybridized carbons (Fsp3) is 0.800. The van der Waals surface area contributed by atoms with Crippen LogP contribution in [0.3, 0.4) is 0 Å². The normalized spacial score (nSPS) is 19.8. The predicted octanol–water partition coefficient (Wildman–Crippen LogP) is 1.72. The van der Waals surface area contributed by atoms with Crippen LogP contribution in [-0.4, -0.2) is 24.2 Å². The summed E-state index contributed by atoms with van der Waals surface area (Å²) in [6, 6.07) is 0.724. The Hall–Kier alpha value is -0.340. The third kappa shape index (κ3) is 2.61. The summed E-state index contributed by atoms with van der Waals surface area (Å²) in [6.45, 7) is 5.37. The molecule has 0 aromatic carbocycles. The van der Waals surface area contributed by atoms with E-state index >= 15 is 0 Å². The second-order valence-corrected chi connectivity index (χ2v) is 3.53. The minimum atomic E-state index is 0.677. The molecule has 0 aromatic heterocycles. The minimum Gasteiger partial charge on any atom is -0.318 e. The molecule has 0 radical (unpaired) electrons. The Morgan fingerprint density at radius 3 is 2.50 bits per heavy atom. The maximum Gasteiger partial charge on any atom is 0.0461 e. The summed E-state index contributed by atoms with van der Waals surface area (Å²) in [5.74, 6) is 0. The van der Waals surface area contributed by atoms with Crippen LogP contribution in [-0.2, 0) is 0 Å². The average Bonchev–Trinajstić information content (AvgIpc) is 2.15. The van der Waals surface area contributed by atoms with Crippen LogP contribution in [0.4, 0.5) is 0 Å². The second-order valence-electron chi connectivity index (χ2n) is 3.53. The summed E-state index contributed by atoms with van der Waals surface area (Å²) < 4.78 is 0. The van der Waals surface area contributed by atoms with Gasteiger partial charge in [-0.1, -0.05) is 25.3 Å². The molecule has 0 aromatic rings. The highest BCUT2D eigenvalue weighted by molar-refractivity contribution is 4.80. The van der Waals surface area contributed by atoms with Gasteiger partial charge < -0.3 is 5.73 Å². The van der Waals surface area contributed by atoms with Gasteiger partial charge in [0.25, 0.3) is 0 Å². The first-order valence-electron chi connectivity index (χ1n) is 4.93. The lowest BCUT2D eigenvalue weighted by Gasteiger charge is -2.32. The highest BCUT2D eigenvalue weighted by Crippen LogP contribution is 2.21. The summed E-state index contributed by atoms with van der Waals surface area (Å²) in [6.07, 6.45) is 8.75. The quantitative estimate of drug-likeness (QED) is 0.511. The van der Waals surface area contributed by atoms with E-state index in [0.717, 1.165) is 12.6 Å². The SMILES string of the molecule is C=CCN(CN)C1CCCCC1. The van der Waals surface area contributed by atoms with Crippen molar-refractivity contribution in [2.75, 3.05) is 13.2 Å². The maximum atomic E-state index is 5.67. The number of hydrogen-bond donors (Lipinski definition) is 1. The van der Waals surface area contributed by atoms with E-state index in [0.29, 0.717) is 6.67 Å². The fourth-order valence-corrected chi connectivity index (χ4v) is 1.98. The molecule has 1 saturated carbocycles. The molecule has 0 aliphatic heterocycles. The zero-order valence-electron chi connectivity index (χ0n) is 7.84. The third-order valence-electron chi connectivity index (χ3n) is 2.69. The van der Waals surface area contributed by atoms with E-state index in [1.165, 1.54) is 32.1 Å². The van der Waals surface area contributed by atoms with E-state index < -0.39 is 0 Å². The highest BCUT2D eigenvalue weighted by Gasteiger charge is 2.18. The molecule has 0 amide bonds. The van der Waals surface area contributed by atoms with Crippen LogP contribution in [0.1, 0.15) is 32.1 Å². The molecular weight excluding hydrogens is 148 g/mol. The van der Waals surface area contributed by atoms with Crippen LogP contribution in [0.5, 0.6) is 0 Å². The van der Waals surface area contributed by atoms with Gasteiger partial charge in [-0.15, -0.1) is 6.58 Å². The molecule has 0 unspecified atom stereocenters. The third-order valence-corrected chi connectivity index (χ3v) is 2.69. The summed E-state index contributed by atoms with van der Waals surface area (Å²) in [4.78, 5) is 2.33. The monoisotopic (exact) mass is 168 g/mol. The molecule has 12 heavy (non-hydrogen) atoms. The summed E-state index contributed by atoms with van der Waals surface area (Å²) in [5.41, 5.74) is 5.67. The molecule has 0 saturated heterocycles. The molecule has 0 spiro atoms. The van der Waals surface area contributed by atoms with Gasteiger partial charge in [0.1, 0.15) is 0 Å². The van der Waals surface area contributed by atoms with Crippen molar-refractivity contribution in [1.29, 1.82) is 0 Å². The van der Waals surface area contributed by atoms with Gasteiger partial charge in [-0.25, -0.2) is 0 Å². The Balaban J connectivity index is 2.34. The topological polar surface area (TPSA) is 29.3 Å². The van der Waals surface area contributed by atoms with Gasteiger partial charge in [-0.05, 0) is 12.8 Å². The second kappa shape index (κ2) is 5.33. The van der Waals surface area contributed by atoms with Gasteiger partial charge in [0.15, 0.2) is 0 Å². The van der Waals surface area contributed by atoms with E-state index in [4.69, 9.17) is 5.73 Å². The van der Waals surface area contributed by atoms with Gasteiger partial charge in [0, 0.05) is 19.3 Å². The predicted molar refractivity (Wildman–Crippen MR) is 52.8 cm³/mol. The Morgan fingerprint density at radius 2 is 2.00 bits per heavy atom. The first-order chi connectivity index (χ1) is 5.88. The zero-order chi connectivity index (χ0) is 8.81. The number of nitrogens with two attached hydrogens (primary N) is 1. The van der Waals surface area contributed by atoms with Crippen molar-refractivity contribution in [2.45, 2.75) is 38.1 Å². The lowest BCUT2D eigenvalue weighted by Crippen LogP contribution is -2.40. The Bertz CT molecular complexity index is 128. The van der Waals surface area contributed by atoms with E-state index in [9.17, 15) is 0 Å². The summed E-state index contributed by atoms with van der Waals surface area (Å²) in [5, 5.41) is 0. The van der Waals surface area contributed by atoms with Gasteiger partial charge >= 0.3 is 0 Å². The first-order valence-corrected chi connectivity index (χ1v) is 4.93. The number of hydrogen-bond acceptors (Lipinski definition) is 2. The van der Waals surface area contributed by atoms with Crippen LogP contribution in [0.25, 0.3) is 0 Å². The van der Waals surface area contributed by atoms with Gasteiger partial charge in [0.2, 0.25) is 0 Å². The van der Waals surface area contributed by atoms with Crippen LogP contribution >= 0.6 is 0 Å². The largest absolute Gasteiger partial charge is 0.318 e. The molecule has 2 N–H and O–H groups in total. The van der Waals surface area contributed by atoms with Crippen LogP contribution in [0.2, 0.25) is 0 Å². The van der Waals surface area contributed by atoms with Crippen LogP contribution in [0.15, 0.2) is 12.7 Å². The van der Waals surface area contributed by atoms with E-state index in [-0.39, 0.29) is 0 Å². The Labute approximate surface area is 75.4 Å². The van der Waals surface area contributed by atoms with Crippen molar-refractivity contribution in [1.82, 2.24) is 4.90 Å². The first kappa shape index (κ1) is 9.75. The standard InChI is InChI=1S/C10H20N2/c1-2-8-12(9-11)10-6-4-3-5-7-10/h2,10H,1,3-9,11H2. The van der Waals surface area contributed by atoms with Gasteiger partial charge in [-0.3, -0.25) is 4.90 Å². The Kier molecular flexibility index (Phi) is 4.33. The summed E-state index contributed by atoms with van der Waals surface area (Å²) in [7, 11) is 0. The van der Waals surface area contributed by atoms with Crippen molar-refractivity contribution in [3.05, 3.63) is 12.7 Å². The van der Waals surface area contributed by atoms with Crippen molar-refractivity contribution in [2.24, 2.45) is 5.73 Å². The molecule has 0 bridgehead atoms. The average molecular weight is 168 g/mol. The van der Waals surface area contributed by atoms with E-state index in [1.54, 1.807) is 0 Å². The number of nitrogens with zero attached hydrogens (tertiary/aromatic N) is 1. The van der Waals surface area contributed by atoms with Crippen LogP contribution < -0.4 is 5.73 Å². The molecule has 2 nitrogen and oxygen atoms in total. The summed E-state index contributed by atoms with van der Waals surface area (Å²) >= 11 is 0. The molecule has 1 aliphatic rings. The van der Waals surface area contributed by atoms with Gasteiger partial charge in [0.05, 0.1) is 0 Å². The molecule has 1 rings (SSSR count). The Morgan fingerprint density at radius 1 is 1.33 bits per heavy atom. The van der Waals surface area contributed by atoms with Crippen molar-refractivity contribution < 1.29 is 0 Å². The molecule has 70 valence electrons. The van der Waals surface area contributed by atoms with E-state index in [1.807, 2.05) is 6.08 Å². The smallest absolute Gasteiger partial charge is 0.0461 e. The van der Waals surface area contributed by atoms with Crippen LogP contribution in [0, 0.1) is 0 Å². The molecule has 0 atom stereocenters. The molecule has 0 heterocycles. The zero-order valence-corrected chi connectivity index (χ0v) is 7.84. The van der Waals surface area contributed by atoms with E-state index in [2.05, 4.69) is 11.5 Å². The van der Waals surface area contributed by atoms with Gasteiger partial charge in [-0.2, -0.15) is 0 Å². The van der Waals surface area contributed by atoms with Crippen molar-refractivity contribution >= 4 is 0 Å². The number of rotatable bonds is 4. The molecule has 1 aliphatic carbocycles. The minimum absolute atomic E-state index is 0.677.